The normalized spacial score (nSPS) is 13.1. The summed E-state index contributed by atoms with van der Waals surface area (Å²) < 4.78 is 2.40. The van der Waals surface area contributed by atoms with Gasteiger partial charge >= 0.3 is 0 Å². The lowest BCUT2D eigenvalue weighted by atomic mass is 9.68. The summed E-state index contributed by atoms with van der Waals surface area (Å²) in [5, 5.41) is 15.3. The Morgan fingerprint density at radius 2 is 0.645 bits per heavy atom. The van der Waals surface area contributed by atoms with Crippen molar-refractivity contribution in [2.75, 3.05) is 0 Å². The zero-order chi connectivity index (χ0) is 49.6. The SMILES string of the molecule is c1ccc(-n2c3ccccc3c3cc(-c4c5ccccc5c(-c5ccc(-c6cc7c(c8ccccc68)C6(c8ccccc8-c8ccccc86)c6c-7c7ccccc7c7ccccc67)cc5)c5ccccc45)ccc32)cc1. The molecule has 0 N–H and O–H groups in total. The van der Waals surface area contributed by atoms with Crippen molar-refractivity contribution in [3.8, 4) is 61.3 Å². The Morgan fingerprint density at radius 1 is 0.224 bits per heavy atom. The highest BCUT2D eigenvalue weighted by Crippen LogP contribution is 2.67. The lowest BCUT2D eigenvalue weighted by Crippen LogP contribution is -2.26. The Bertz CT molecular complexity index is 4870. The fraction of sp³-hybridized carbons (Fsp3) is 0.0133. The maximum absolute atomic E-state index is 2.55. The molecular weight excluding hydrogens is 915 g/mol. The van der Waals surface area contributed by atoms with Gasteiger partial charge in [-0.15, -0.1) is 0 Å². The van der Waals surface area contributed by atoms with E-state index in [1.54, 1.807) is 0 Å². The maximum Gasteiger partial charge on any atom is 0.0737 e. The average Bonchev–Trinajstić information content (AvgIpc) is 3.37. The molecule has 1 nitrogen and oxygen atoms in total. The monoisotopic (exact) mass is 959 g/mol. The van der Waals surface area contributed by atoms with Crippen LogP contribution in [0.3, 0.4) is 0 Å². The third kappa shape index (κ3) is 5.43. The Balaban J connectivity index is 0.883. The molecule has 1 spiro atoms. The molecule has 0 saturated carbocycles. The highest BCUT2D eigenvalue weighted by Gasteiger charge is 2.54. The summed E-state index contributed by atoms with van der Waals surface area (Å²) >= 11 is 0. The van der Waals surface area contributed by atoms with Crippen LogP contribution in [0.5, 0.6) is 0 Å². The van der Waals surface area contributed by atoms with Crippen molar-refractivity contribution in [2.45, 2.75) is 5.41 Å². The van der Waals surface area contributed by atoms with E-state index in [2.05, 4.69) is 278 Å². The third-order valence-electron chi connectivity index (χ3n) is 17.3. The molecule has 0 aliphatic heterocycles. The van der Waals surface area contributed by atoms with Crippen molar-refractivity contribution >= 4 is 75.7 Å². The fourth-order valence-electron chi connectivity index (χ4n) is 14.5. The zero-order valence-electron chi connectivity index (χ0n) is 41.4. The Kier molecular flexibility index (Phi) is 8.55. The molecule has 0 bridgehead atoms. The van der Waals surface area contributed by atoms with E-state index < -0.39 is 5.41 Å². The summed E-state index contributed by atoms with van der Waals surface area (Å²) in [6.07, 6.45) is 0. The number of nitrogens with zero attached hydrogens (tertiary/aromatic N) is 1. The van der Waals surface area contributed by atoms with Gasteiger partial charge in [0.1, 0.15) is 0 Å². The van der Waals surface area contributed by atoms with Crippen LogP contribution in [0.15, 0.2) is 273 Å². The molecular formula is C75H45N. The number of benzene rings is 14. The number of fused-ring (bicyclic) bond motifs is 22. The maximum atomic E-state index is 2.55. The van der Waals surface area contributed by atoms with Gasteiger partial charge in [-0.2, -0.15) is 0 Å². The molecule has 1 heterocycles. The molecule has 0 saturated heterocycles. The fourth-order valence-corrected chi connectivity index (χ4v) is 14.5. The van der Waals surface area contributed by atoms with Gasteiger partial charge in [-0.3, -0.25) is 0 Å². The predicted octanol–water partition coefficient (Wildman–Crippen LogP) is 19.9. The van der Waals surface area contributed by atoms with Crippen LogP contribution in [0.4, 0.5) is 0 Å². The number of hydrogen-bond acceptors (Lipinski definition) is 0. The van der Waals surface area contributed by atoms with Crippen LogP contribution >= 0.6 is 0 Å². The van der Waals surface area contributed by atoms with E-state index in [1.165, 1.54) is 159 Å². The zero-order valence-corrected chi connectivity index (χ0v) is 41.4. The summed E-state index contributed by atoms with van der Waals surface area (Å²) in [7, 11) is 0. The van der Waals surface area contributed by atoms with Gasteiger partial charge in [0.2, 0.25) is 0 Å². The van der Waals surface area contributed by atoms with Crippen LogP contribution in [0.1, 0.15) is 22.3 Å². The van der Waals surface area contributed by atoms with Crippen LogP contribution in [0, 0.1) is 0 Å². The molecule has 2 aliphatic carbocycles. The van der Waals surface area contributed by atoms with Crippen LogP contribution in [-0.4, -0.2) is 4.57 Å². The number of para-hydroxylation sites is 2. The van der Waals surface area contributed by atoms with Gasteiger partial charge in [0, 0.05) is 16.5 Å². The number of rotatable bonds is 4. The molecule has 0 fully saturated rings. The van der Waals surface area contributed by atoms with Crippen LogP contribution < -0.4 is 0 Å². The molecule has 15 aromatic rings. The van der Waals surface area contributed by atoms with Gasteiger partial charge in [-0.05, 0) is 168 Å². The van der Waals surface area contributed by atoms with E-state index in [1.807, 2.05) is 0 Å². The summed E-state index contributed by atoms with van der Waals surface area (Å²) in [5.41, 5.74) is 21.3. The standard InChI is InChI=1S/C75H45N/c1-2-20-49(21-3-1)76-68-37-19-16-27-55(68)64-44-48(42-43-69(64)76)71-59-31-10-8-29-57(59)70(58-30-9-11-32-60(58)71)47-40-38-46(39-41-47)63-45-65-72-56-28-7-4-22-50(56)51-23-5-13-34-62(51)74(72)75(73(65)61-33-12-6-24-52(61)63)66-35-17-14-25-53(66)54-26-15-18-36-67(54)75/h1-45H. The molecule has 0 unspecified atom stereocenters. The van der Waals surface area contributed by atoms with Crippen molar-refractivity contribution in [3.05, 3.63) is 295 Å². The summed E-state index contributed by atoms with van der Waals surface area (Å²) in [6, 6.07) is 103. The number of aromatic nitrogens is 1. The van der Waals surface area contributed by atoms with Crippen molar-refractivity contribution < 1.29 is 0 Å². The quantitative estimate of drug-likeness (QED) is 0.122. The summed E-state index contributed by atoms with van der Waals surface area (Å²) in [5.74, 6) is 0. The van der Waals surface area contributed by atoms with E-state index in [9.17, 15) is 0 Å². The van der Waals surface area contributed by atoms with Gasteiger partial charge in [0.15, 0.2) is 0 Å². The van der Waals surface area contributed by atoms with Crippen molar-refractivity contribution in [1.82, 2.24) is 4.57 Å². The van der Waals surface area contributed by atoms with Gasteiger partial charge in [-0.25, -0.2) is 0 Å². The second-order valence-corrected chi connectivity index (χ2v) is 20.9. The van der Waals surface area contributed by atoms with Crippen molar-refractivity contribution in [3.63, 3.8) is 0 Å². The lowest BCUT2D eigenvalue weighted by Gasteiger charge is -2.33. The van der Waals surface area contributed by atoms with E-state index in [4.69, 9.17) is 0 Å². The van der Waals surface area contributed by atoms with Gasteiger partial charge in [-0.1, -0.05) is 237 Å². The summed E-state index contributed by atoms with van der Waals surface area (Å²) in [6.45, 7) is 0. The van der Waals surface area contributed by atoms with Crippen LogP contribution in [-0.2, 0) is 5.41 Å². The van der Waals surface area contributed by atoms with Crippen molar-refractivity contribution in [1.29, 1.82) is 0 Å². The molecule has 0 radical (unpaired) electrons. The molecule has 350 valence electrons. The molecule has 76 heavy (non-hydrogen) atoms. The minimum atomic E-state index is -0.523. The average molecular weight is 960 g/mol. The first-order valence-corrected chi connectivity index (χ1v) is 26.6. The molecule has 0 amide bonds. The summed E-state index contributed by atoms with van der Waals surface area (Å²) in [4.78, 5) is 0. The van der Waals surface area contributed by atoms with E-state index in [0.717, 1.165) is 0 Å². The van der Waals surface area contributed by atoms with E-state index in [-0.39, 0.29) is 0 Å². The number of hydrogen-bond donors (Lipinski definition) is 0. The highest BCUT2D eigenvalue weighted by atomic mass is 15.0. The first-order chi connectivity index (χ1) is 37.8. The molecule has 1 aromatic heterocycles. The molecule has 14 aromatic carbocycles. The Labute approximate surface area is 439 Å². The smallest absolute Gasteiger partial charge is 0.0737 e. The van der Waals surface area contributed by atoms with Crippen molar-refractivity contribution in [2.24, 2.45) is 0 Å². The second kappa shape index (κ2) is 15.6. The Hall–Kier alpha value is -9.82. The third-order valence-corrected chi connectivity index (χ3v) is 17.3. The molecule has 2 aliphatic rings. The molecule has 0 atom stereocenters. The van der Waals surface area contributed by atoms with Crippen LogP contribution in [0.25, 0.3) is 137 Å². The lowest BCUT2D eigenvalue weighted by molar-refractivity contribution is 0.809. The van der Waals surface area contributed by atoms with Gasteiger partial charge in [0.05, 0.1) is 16.4 Å². The van der Waals surface area contributed by atoms with Gasteiger partial charge in [0.25, 0.3) is 0 Å². The second-order valence-electron chi connectivity index (χ2n) is 20.9. The van der Waals surface area contributed by atoms with Crippen LogP contribution in [0.2, 0.25) is 0 Å². The predicted molar refractivity (Wildman–Crippen MR) is 321 cm³/mol. The minimum absolute atomic E-state index is 0.523. The van der Waals surface area contributed by atoms with Gasteiger partial charge < -0.3 is 4.57 Å². The largest absolute Gasteiger partial charge is 0.309 e. The first-order valence-electron chi connectivity index (χ1n) is 26.6. The molecule has 1 heteroatoms. The molecule has 17 rings (SSSR count). The minimum Gasteiger partial charge on any atom is -0.309 e. The van der Waals surface area contributed by atoms with E-state index >= 15 is 0 Å². The van der Waals surface area contributed by atoms with E-state index in [0.29, 0.717) is 0 Å². The highest BCUT2D eigenvalue weighted by molar-refractivity contribution is 6.24. The first kappa shape index (κ1) is 41.6. The Morgan fingerprint density at radius 3 is 1.26 bits per heavy atom. The topological polar surface area (TPSA) is 4.93 Å².